The Morgan fingerprint density at radius 1 is 0.769 bits per heavy atom. The number of para-hydroxylation sites is 2. The summed E-state index contributed by atoms with van der Waals surface area (Å²) < 4.78 is 0. The fourth-order valence-corrected chi connectivity index (χ4v) is 2.98. The van der Waals surface area contributed by atoms with Gasteiger partial charge >= 0.3 is 0 Å². The average Bonchev–Trinajstić information content (AvgIpc) is 2.66. The maximum absolute atomic E-state index is 10.1. The Morgan fingerprint density at radius 2 is 1.27 bits per heavy atom. The molecule has 2 N–H and O–H groups in total. The van der Waals surface area contributed by atoms with Crippen LogP contribution >= 0.6 is 0 Å². The average molecular weight is 343 g/mol. The van der Waals surface area contributed by atoms with Crippen LogP contribution in [0.15, 0.2) is 73.3 Å². The summed E-state index contributed by atoms with van der Waals surface area (Å²) in [5.41, 5.74) is 1.06. The van der Waals surface area contributed by atoms with Crippen LogP contribution in [-0.2, 0) is 0 Å². The molecule has 0 aliphatic heterocycles. The van der Waals surface area contributed by atoms with E-state index >= 15 is 0 Å². The monoisotopic (exact) mass is 343 g/mol. The van der Waals surface area contributed by atoms with Crippen molar-refractivity contribution >= 4 is 33.4 Å². The number of aromatic hydroxyl groups is 2. The fraction of sp³-hybridized carbons (Fsp3) is 0.0476. The lowest BCUT2D eigenvalue weighted by Crippen LogP contribution is -2.19. The summed E-state index contributed by atoms with van der Waals surface area (Å²) in [6.07, 6.45) is 1.76. The molecule has 0 atom stereocenters. The molecule has 0 bridgehead atoms. The van der Waals surface area contributed by atoms with Gasteiger partial charge in [-0.05, 0) is 36.4 Å². The van der Waals surface area contributed by atoms with Gasteiger partial charge in [-0.3, -0.25) is 0 Å². The second-order valence-electron chi connectivity index (χ2n) is 5.94. The van der Waals surface area contributed by atoms with E-state index in [4.69, 9.17) is 0 Å². The number of nitrogens with zero attached hydrogens (tertiary/aromatic N) is 3. The second-order valence-corrected chi connectivity index (χ2v) is 5.94. The van der Waals surface area contributed by atoms with E-state index in [0.29, 0.717) is 29.2 Å². The van der Waals surface area contributed by atoms with E-state index in [9.17, 15) is 10.2 Å². The first-order chi connectivity index (χ1) is 12.7. The summed E-state index contributed by atoms with van der Waals surface area (Å²) in [6.45, 7) is 4.30. The standard InChI is InChI=1S/C21H17N3O2/c1-2-13-24(18-11-9-14-5-3-7-16(25)20(14)22-18)19-12-10-15-6-4-8-17(26)21(15)23-19/h2-12,25-26H,1,13H2. The minimum absolute atomic E-state index is 0.131. The predicted molar refractivity (Wildman–Crippen MR) is 104 cm³/mol. The highest BCUT2D eigenvalue weighted by Crippen LogP contribution is 2.30. The summed E-state index contributed by atoms with van der Waals surface area (Å²) in [5.74, 6) is 1.54. The van der Waals surface area contributed by atoms with Crippen molar-refractivity contribution in [3.8, 4) is 11.5 Å². The number of fused-ring (bicyclic) bond motifs is 2. The first-order valence-corrected chi connectivity index (χ1v) is 8.23. The summed E-state index contributed by atoms with van der Waals surface area (Å²) in [6, 6.07) is 18.2. The maximum atomic E-state index is 10.1. The Kier molecular flexibility index (Phi) is 3.89. The smallest absolute Gasteiger partial charge is 0.141 e. The highest BCUT2D eigenvalue weighted by molar-refractivity contribution is 5.88. The lowest BCUT2D eigenvalue weighted by Gasteiger charge is -2.22. The Balaban J connectivity index is 1.87. The molecule has 0 saturated heterocycles. The van der Waals surface area contributed by atoms with E-state index in [1.54, 1.807) is 30.3 Å². The molecule has 0 aliphatic rings. The van der Waals surface area contributed by atoms with E-state index in [2.05, 4.69) is 16.5 Å². The van der Waals surface area contributed by atoms with E-state index in [0.717, 1.165) is 10.8 Å². The summed E-state index contributed by atoms with van der Waals surface area (Å²) in [5, 5.41) is 21.9. The van der Waals surface area contributed by atoms with Gasteiger partial charge in [-0.1, -0.05) is 30.3 Å². The van der Waals surface area contributed by atoms with Crippen LogP contribution < -0.4 is 4.90 Å². The molecule has 5 nitrogen and oxygen atoms in total. The third kappa shape index (κ3) is 2.69. The number of anilines is 2. The van der Waals surface area contributed by atoms with Crippen molar-refractivity contribution in [1.82, 2.24) is 9.97 Å². The second kappa shape index (κ2) is 6.37. The van der Waals surface area contributed by atoms with E-state index in [-0.39, 0.29) is 11.5 Å². The Bertz CT molecular complexity index is 1040. The SMILES string of the molecule is C=CCN(c1ccc2cccc(O)c2n1)c1ccc2cccc(O)c2n1. The van der Waals surface area contributed by atoms with Crippen molar-refractivity contribution in [2.45, 2.75) is 0 Å². The van der Waals surface area contributed by atoms with Crippen LogP contribution in [0.5, 0.6) is 11.5 Å². The summed E-state index contributed by atoms with van der Waals surface area (Å²) in [4.78, 5) is 11.1. The van der Waals surface area contributed by atoms with Gasteiger partial charge in [-0.2, -0.15) is 0 Å². The summed E-state index contributed by atoms with van der Waals surface area (Å²) >= 11 is 0. The first kappa shape index (κ1) is 15.9. The molecule has 2 aromatic carbocycles. The van der Waals surface area contributed by atoms with Crippen LogP contribution in [-0.4, -0.2) is 26.7 Å². The van der Waals surface area contributed by atoms with Gasteiger partial charge in [0.2, 0.25) is 0 Å². The van der Waals surface area contributed by atoms with Crippen LogP contribution in [0.2, 0.25) is 0 Å². The van der Waals surface area contributed by atoms with Crippen LogP contribution in [0, 0.1) is 0 Å². The molecule has 0 unspecified atom stereocenters. The van der Waals surface area contributed by atoms with Crippen LogP contribution in [0.1, 0.15) is 0 Å². The van der Waals surface area contributed by atoms with Gasteiger partial charge < -0.3 is 15.1 Å². The number of aromatic nitrogens is 2. The molecule has 2 aromatic heterocycles. The molecule has 5 heteroatoms. The Hall–Kier alpha value is -3.60. The minimum atomic E-state index is 0.131. The Morgan fingerprint density at radius 3 is 1.73 bits per heavy atom. The molecule has 4 rings (SSSR count). The lowest BCUT2D eigenvalue weighted by molar-refractivity contribution is 0.480. The van der Waals surface area contributed by atoms with E-state index < -0.39 is 0 Å². The number of phenolic OH excluding ortho intramolecular Hbond substituents is 2. The quantitative estimate of drug-likeness (QED) is 0.533. The Labute approximate surface area is 150 Å². The zero-order valence-corrected chi connectivity index (χ0v) is 14.0. The van der Waals surface area contributed by atoms with Crippen molar-refractivity contribution in [2.24, 2.45) is 0 Å². The number of benzene rings is 2. The van der Waals surface area contributed by atoms with Crippen molar-refractivity contribution in [3.63, 3.8) is 0 Å². The molecule has 0 saturated carbocycles. The van der Waals surface area contributed by atoms with Crippen molar-refractivity contribution in [3.05, 3.63) is 73.3 Å². The third-order valence-electron chi connectivity index (χ3n) is 4.23. The van der Waals surface area contributed by atoms with Gasteiger partial charge in [0, 0.05) is 17.3 Å². The molecule has 26 heavy (non-hydrogen) atoms. The lowest BCUT2D eigenvalue weighted by atomic mass is 10.2. The summed E-state index contributed by atoms with van der Waals surface area (Å²) in [7, 11) is 0. The third-order valence-corrected chi connectivity index (χ3v) is 4.23. The molecular weight excluding hydrogens is 326 g/mol. The van der Waals surface area contributed by atoms with E-state index in [1.165, 1.54) is 0 Å². The van der Waals surface area contributed by atoms with Crippen LogP contribution in [0.3, 0.4) is 0 Å². The fourth-order valence-electron chi connectivity index (χ4n) is 2.98. The molecule has 0 radical (unpaired) electrons. The van der Waals surface area contributed by atoms with Crippen LogP contribution in [0.25, 0.3) is 21.8 Å². The van der Waals surface area contributed by atoms with Crippen molar-refractivity contribution in [1.29, 1.82) is 0 Å². The highest BCUT2D eigenvalue weighted by atomic mass is 16.3. The predicted octanol–water partition coefficient (Wildman–Crippen LogP) is 4.52. The number of pyridine rings is 2. The zero-order valence-electron chi connectivity index (χ0n) is 14.0. The van der Waals surface area contributed by atoms with Gasteiger partial charge in [-0.15, -0.1) is 6.58 Å². The molecule has 4 aromatic rings. The zero-order chi connectivity index (χ0) is 18.1. The van der Waals surface area contributed by atoms with Gasteiger partial charge in [0.15, 0.2) is 0 Å². The van der Waals surface area contributed by atoms with Crippen molar-refractivity contribution < 1.29 is 10.2 Å². The molecular formula is C21H17N3O2. The van der Waals surface area contributed by atoms with Gasteiger partial charge in [0.1, 0.15) is 34.2 Å². The molecule has 0 aliphatic carbocycles. The van der Waals surface area contributed by atoms with Gasteiger partial charge in [-0.25, -0.2) is 9.97 Å². The van der Waals surface area contributed by atoms with E-state index in [1.807, 2.05) is 41.3 Å². The molecule has 128 valence electrons. The molecule has 0 spiro atoms. The molecule has 2 heterocycles. The van der Waals surface area contributed by atoms with Gasteiger partial charge in [0.25, 0.3) is 0 Å². The largest absolute Gasteiger partial charge is 0.506 e. The van der Waals surface area contributed by atoms with Crippen molar-refractivity contribution in [2.75, 3.05) is 11.4 Å². The number of hydrogen-bond donors (Lipinski definition) is 2. The number of phenols is 2. The topological polar surface area (TPSA) is 69.5 Å². The number of rotatable bonds is 4. The molecule has 0 fully saturated rings. The minimum Gasteiger partial charge on any atom is -0.506 e. The van der Waals surface area contributed by atoms with Crippen LogP contribution in [0.4, 0.5) is 11.6 Å². The first-order valence-electron chi connectivity index (χ1n) is 8.23. The normalized spacial score (nSPS) is 10.9. The highest BCUT2D eigenvalue weighted by Gasteiger charge is 2.14. The maximum Gasteiger partial charge on any atom is 0.141 e. The van der Waals surface area contributed by atoms with Gasteiger partial charge in [0.05, 0.1) is 0 Å². The molecule has 0 amide bonds. The number of hydrogen-bond acceptors (Lipinski definition) is 5.